The molecule has 0 radical (unpaired) electrons. The van der Waals surface area contributed by atoms with E-state index in [2.05, 4.69) is 17.6 Å². The second kappa shape index (κ2) is 11.4. The smallest absolute Gasteiger partial charge is 0.248 e. The Morgan fingerprint density at radius 2 is 1.85 bits per heavy atom. The summed E-state index contributed by atoms with van der Waals surface area (Å²) in [5, 5.41) is 16.6. The second-order valence-electron chi connectivity index (χ2n) is 11.4. The molecule has 2 aromatic rings. The number of benzene rings is 2. The number of hydrogen-bond acceptors (Lipinski definition) is 6. The fourth-order valence-electron chi connectivity index (χ4n) is 7.02. The highest BCUT2D eigenvalue weighted by Crippen LogP contribution is 2.69. The molecule has 0 saturated carbocycles. The molecule has 9 heteroatoms. The van der Waals surface area contributed by atoms with Crippen LogP contribution in [0.2, 0.25) is 0 Å². The molecule has 3 unspecified atom stereocenters. The number of aliphatic hydroxyl groups excluding tert-OH is 1. The van der Waals surface area contributed by atoms with Crippen LogP contribution >= 0.6 is 11.8 Å². The number of anilines is 1. The van der Waals surface area contributed by atoms with Crippen molar-refractivity contribution in [2.24, 2.45) is 23.7 Å². The molecule has 8 nitrogen and oxygen atoms in total. The third-order valence-corrected chi connectivity index (χ3v) is 11.3. The van der Waals surface area contributed by atoms with E-state index in [4.69, 9.17) is 4.74 Å². The summed E-state index contributed by atoms with van der Waals surface area (Å²) in [5.74, 6) is -1.10. The third-order valence-electron chi connectivity index (χ3n) is 9.25. The molecule has 214 valence electrons. The lowest BCUT2D eigenvalue weighted by molar-refractivity contribution is -0.143. The van der Waals surface area contributed by atoms with Gasteiger partial charge in [-0.2, -0.15) is 0 Å². The van der Waals surface area contributed by atoms with Crippen molar-refractivity contribution in [2.75, 3.05) is 19.0 Å². The topological polar surface area (TPSA) is 108 Å². The first-order valence-corrected chi connectivity index (χ1v) is 15.0. The van der Waals surface area contributed by atoms with E-state index in [1.165, 1.54) is 0 Å². The van der Waals surface area contributed by atoms with Gasteiger partial charge >= 0.3 is 0 Å². The molecule has 3 saturated heterocycles. The normalized spacial score (nSPS) is 30.1. The summed E-state index contributed by atoms with van der Waals surface area (Å²) in [5.41, 5.74) is 1.59. The third kappa shape index (κ3) is 4.67. The van der Waals surface area contributed by atoms with Crippen LogP contribution in [0.5, 0.6) is 5.75 Å². The van der Waals surface area contributed by atoms with Gasteiger partial charge in [0.1, 0.15) is 11.8 Å². The summed E-state index contributed by atoms with van der Waals surface area (Å²) in [6.07, 6.45) is 1.50. The van der Waals surface area contributed by atoms with Crippen molar-refractivity contribution in [3.8, 4) is 5.75 Å². The van der Waals surface area contributed by atoms with E-state index in [0.717, 1.165) is 18.4 Å². The van der Waals surface area contributed by atoms with Crippen molar-refractivity contribution in [2.45, 2.75) is 62.2 Å². The van der Waals surface area contributed by atoms with Crippen molar-refractivity contribution < 1.29 is 24.2 Å². The summed E-state index contributed by atoms with van der Waals surface area (Å²) >= 11 is 1.64. The average Bonchev–Trinajstić information content (AvgIpc) is 3.56. The van der Waals surface area contributed by atoms with Crippen LogP contribution in [-0.4, -0.2) is 63.5 Å². The minimum absolute atomic E-state index is 0.0247. The van der Waals surface area contributed by atoms with Gasteiger partial charge in [-0.1, -0.05) is 57.5 Å². The van der Waals surface area contributed by atoms with E-state index < -0.39 is 28.7 Å². The lowest BCUT2D eigenvalue weighted by Gasteiger charge is -2.41. The molecular formula is C31H39N3O5S. The minimum atomic E-state index is -0.810. The fraction of sp³-hybridized carbons (Fsp3) is 0.516. The summed E-state index contributed by atoms with van der Waals surface area (Å²) in [4.78, 5) is 43.9. The van der Waals surface area contributed by atoms with Crippen molar-refractivity contribution >= 4 is 35.2 Å². The highest BCUT2D eigenvalue weighted by atomic mass is 32.2. The number of amides is 3. The maximum atomic E-state index is 14.4. The molecular weight excluding hydrogens is 526 g/mol. The Morgan fingerprint density at radius 1 is 1.15 bits per heavy atom. The van der Waals surface area contributed by atoms with Gasteiger partial charge in [0.2, 0.25) is 17.7 Å². The van der Waals surface area contributed by atoms with Crippen LogP contribution in [0.3, 0.4) is 0 Å². The molecule has 2 aromatic carbocycles. The van der Waals surface area contributed by atoms with Gasteiger partial charge in [-0.3, -0.25) is 14.4 Å². The Balaban J connectivity index is 1.50. The zero-order chi connectivity index (χ0) is 28.6. The number of fused-ring (bicyclic) bond motifs is 1. The SMILES string of the molecule is CC[C@H](C)[C@H](CO)N1C(=O)[C@@H]2[C@@H](C(=O)NCc3ccccc3)[C@H]3CC(C)C2(S3)C1C(=O)Nc1ccc(OC)cc1. The lowest BCUT2D eigenvalue weighted by Crippen LogP contribution is -2.58. The number of carbonyl (C=O) groups excluding carboxylic acids is 3. The number of hydrogen-bond donors (Lipinski definition) is 3. The molecule has 3 heterocycles. The zero-order valence-corrected chi connectivity index (χ0v) is 24.3. The molecule has 1 spiro atoms. The number of nitrogens with one attached hydrogen (secondary N) is 2. The zero-order valence-electron chi connectivity index (χ0n) is 23.5. The minimum Gasteiger partial charge on any atom is -0.497 e. The number of likely N-dealkylation sites (tertiary alicyclic amines) is 1. The molecule has 3 fully saturated rings. The second-order valence-corrected chi connectivity index (χ2v) is 12.9. The van der Waals surface area contributed by atoms with Gasteiger partial charge in [-0.15, -0.1) is 11.8 Å². The van der Waals surface area contributed by atoms with E-state index in [-0.39, 0.29) is 41.4 Å². The van der Waals surface area contributed by atoms with Gasteiger partial charge in [0.15, 0.2) is 0 Å². The monoisotopic (exact) mass is 565 g/mol. The Kier molecular flexibility index (Phi) is 8.15. The summed E-state index contributed by atoms with van der Waals surface area (Å²) in [7, 11) is 1.58. The number of thioether (sulfide) groups is 1. The predicted octanol–water partition coefficient (Wildman–Crippen LogP) is 3.69. The van der Waals surface area contributed by atoms with E-state index in [1.807, 2.05) is 44.2 Å². The van der Waals surface area contributed by atoms with Crippen LogP contribution in [0.15, 0.2) is 54.6 Å². The summed E-state index contributed by atoms with van der Waals surface area (Å²) < 4.78 is 4.49. The maximum absolute atomic E-state index is 14.4. The van der Waals surface area contributed by atoms with Crippen LogP contribution < -0.4 is 15.4 Å². The highest BCUT2D eigenvalue weighted by Gasteiger charge is 2.76. The number of rotatable bonds is 10. The first-order valence-electron chi connectivity index (χ1n) is 14.1. The molecule has 3 aliphatic heterocycles. The van der Waals surface area contributed by atoms with Gasteiger partial charge in [0, 0.05) is 17.5 Å². The lowest BCUT2D eigenvalue weighted by atomic mass is 9.66. The number of ether oxygens (including phenoxy) is 1. The Morgan fingerprint density at radius 3 is 2.48 bits per heavy atom. The van der Waals surface area contributed by atoms with E-state index in [9.17, 15) is 19.5 Å². The van der Waals surface area contributed by atoms with Gasteiger partial charge in [0.25, 0.3) is 0 Å². The Labute approximate surface area is 240 Å². The van der Waals surface area contributed by atoms with Crippen molar-refractivity contribution in [3.05, 3.63) is 60.2 Å². The molecule has 40 heavy (non-hydrogen) atoms. The number of carbonyl (C=O) groups is 3. The van der Waals surface area contributed by atoms with Gasteiger partial charge < -0.3 is 25.4 Å². The van der Waals surface area contributed by atoms with E-state index >= 15 is 0 Å². The molecule has 8 atom stereocenters. The quantitative estimate of drug-likeness (QED) is 0.406. The Hall–Kier alpha value is -3.04. The van der Waals surface area contributed by atoms with Gasteiger partial charge in [-0.25, -0.2) is 0 Å². The van der Waals surface area contributed by atoms with E-state index in [1.54, 1.807) is 48.0 Å². The summed E-state index contributed by atoms with van der Waals surface area (Å²) in [6, 6.07) is 15.5. The van der Waals surface area contributed by atoms with Gasteiger partial charge in [-0.05, 0) is 48.1 Å². The number of nitrogens with zero attached hydrogens (tertiary/aromatic N) is 1. The first-order chi connectivity index (χ1) is 19.3. The molecule has 0 aromatic heterocycles. The van der Waals surface area contributed by atoms with Crippen LogP contribution in [0.4, 0.5) is 5.69 Å². The molecule has 2 bridgehead atoms. The van der Waals surface area contributed by atoms with Crippen molar-refractivity contribution in [3.63, 3.8) is 0 Å². The highest BCUT2D eigenvalue weighted by molar-refractivity contribution is 8.02. The maximum Gasteiger partial charge on any atom is 0.248 e. The van der Waals surface area contributed by atoms with Crippen LogP contribution in [0.1, 0.15) is 39.2 Å². The van der Waals surface area contributed by atoms with Crippen LogP contribution in [0, 0.1) is 23.7 Å². The molecule has 3 amide bonds. The fourth-order valence-corrected chi connectivity index (χ4v) is 9.43. The standard InChI is InChI=1S/C31H39N3O5S/c1-5-18(2)23(17-35)34-27(29(37)33-21-11-13-22(39-4)14-12-21)31-19(3)15-24(40-31)25(26(31)30(34)38)28(36)32-16-20-9-7-6-8-10-20/h6-14,18-19,23-27,35H,5,15-17H2,1-4H3,(H,32,36)(H,33,37)/t18-,19?,23-,24+,25-,26-,27?,31?/m0/s1. The van der Waals surface area contributed by atoms with Crippen LogP contribution in [0.25, 0.3) is 0 Å². The number of methoxy groups -OCH3 is 1. The van der Waals surface area contributed by atoms with Crippen LogP contribution in [-0.2, 0) is 20.9 Å². The first kappa shape index (κ1) is 28.5. The number of aliphatic hydroxyl groups is 1. The molecule has 3 N–H and O–H groups in total. The van der Waals surface area contributed by atoms with Crippen molar-refractivity contribution in [1.29, 1.82) is 0 Å². The van der Waals surface area contributed by atoms with E-state index in [0.29, 0.717) is 18.0 Å². The summed E-state index contributed by atoms with van der Waals surface area (Å²) in [6.45, 7) is 6.25. The molecule has 3 aliphatic rings. The Bertz CT molecular complexity index is 1240. The van der Waals surface area contributed by atoms with Gasteiger partial charge in [0.05, 0.1) is 36.3 Å². The largest absolute Gasteiger partial charge is 0.497 e. The van der Waals surface area contributed by atoms with Crippen molar-refractivity contribution in [1.82, 2.24) is 10.2 Å². The average molecular weight is 566 g/mol. The molecule has 5 rings (SSSR count). The predicted molar refractivity (Wildman–Crippen MR) is 156 cm³/mol. The molecule has 0 aliphatic carbocycles.